The molecule has 172 valence electrons. The van der Waals surface area contributed by atoms with Gasteiger partial charge in [-0.3, -0.25) is 9.89 Å². The standard InChI is InChI=1S/C25H40N4O2/c1-26-23(27-20-24(12-16-30-17-13-24)22-8-4-2-5-9-22)28-21-25(10-6-3-7-11-25)29-14-18-31-19-15-29/h2,4-5,8-9H,3,6-7,10-21H2,1H3,(H2,26,27,28). The van der Waals surface area contributed by atoms with Crippen LogP contribution in [0.3, 0.4) is 0 Å². The summed E-state index contributed by atoms with van der Waals surface area (Å²) in [5.41, 5.74) is 1.73. The highest BCUT2D eigenvalue weighted by molar-refractivity contribution is 5.79. The predicted molar refractivity (Wildman–Crippen MR) is 126 cm³/mol. The van der Waals surface area contributed by atoms with Gasteiger partial charge >= 0.3 is 0 Å². The molecule has 6 heteroatoms. The summed E-state index contributed by atoms with van der Waals surface area (Å²) in [7, 11) is 1.89. The number of hydrogen-bond donors (Lipinski definition) is 2. The SMILES string of the molecule is CN=C(NCC1(c2ccccc2)CCOCC1)NCC1(N2CCOCC2)CCCCC1. The molecule has 6 nitrogen and oxygen atoms in total. The van der Waals surface area contributed by atoms with Crippen molar-refractivity contribution in [1.29, 1.82) is 0 Å². The van der Waals surface area contributed by atoms with Gasteiger partial charge in [-0.15, -0.1) is 0 Å². The second-order valence-corrected chi connectivity index (χ2v) is 9.42. The third kappa shape index (κ3) is 5.41. The first-order valence-electron chi connectivity index (χ1n) is 12.2. The first kappa shape index (κ1) is 22.6. The van der Waals surface area contributed by atoms with Crippen molar-refractivity contribution >= 4 is 5.96 Å². The fraction of sp³-hybridized carbons (Fsp3) is 0.720. The van der Waals surface area contributed by atoms with Crippen molar-refractivity contribution in [2.45, 2.75) is 55.9 Å². The Balaban J connectivity index is 1.40. The zero-order valence-corrected chi connectivity index (χ0v) is 19.2. The van der Waals surface area contributed by atoms with Crippen molar-refractivity contribution in [1.82, 2.24) is 15.5 Å². The maximum absolute atomic E-state index is 5.70. The Morgan fingerprint density at radius 3 is 2.19 bits per heavy atom. The number of aliphatic imine (C=N–C) groups is 1. The summed E-state index contributed by atoms with van der Waals surface area (Å²) in [4.78, 5) is 7.26. The molecule has 2 saturated heterocycles. The van der Waals surface area contributed by atoms with Gasteiger partial charge in [-0.05, 0) is 31.2 Å². The molecular weight excluding hydrogens is 388 g/mol. The van der Waals surface area contributed by atoms with Crippen LogP contribution in [0, 0.1) is 0 Å². The van der Waals surface area contributed by atoms with Crippen molar-refractivity contribution in [3.05, 3.63) is 35.9 Å². The van der Waals surface area contributed by atoms with E-state index < -0.39 is 0 Å². The summed E-state index contributed by atoms with van der Waals surface area (Å²) in [5.74, 6) is 0.917. The zero-order valence-electron chi connectivity index (χ0n) is 19.2. The van der Waals surface area contributed by atoms with Gasteiger partial charge in [0.05, 0.1) is 13.2 Å². The van der Waals surface area contributed by atoms with Crippen LogP contribution in [0.25, 0.3) is 0 Å². The van der Waals surface area contributed by atoms with Crippen molar-refractivity contribution < 1.29 is 9.47 Å². The number of morpholine rings is 1. The van der Waals surface area contributed by atoms with E-state index in [0.717, 1.165) is 71.4 Å². The lowest BCUT2D eigenvalue weighted by Crippen LogP contribution is -2.61. The first-order valence-corrected chi connectivity index (χ1v) is 12.2. The molecule has 2 aliphatic heterocycles. The average Bonchev–Trinajstić information content (AvgIpc) is 2.86. The lowest BCUT2D eigenvalue weighted by molar-refractivity contribution is -0.0352. The molecule has 0 aromatic heterocycles. The number of benzene rings is 1. The number of nitrogens with one attached hydrogen (secondary N) is 2. The highest BCUT2D eigenvalue weighted by Gasteiger charge is 2.39. The molecule has 0 atom stereocenters. The highest BCUT2D eigenvalue weighted by Crippen LogP contribution is 2.35. The summed E-state index contributed by atoms with van der Waals surface area (Å²) in [5, 5.41) is 7.39. The van der Waals surface area contributed by atoms with E-state index in [1.807, 2.05) is 7.05 Å². The van der Waals surface area contributed by atoms with Gasteiger partial charge in [-0.1, -0.05) is 49.6 Å². The van der Waals surface area contributed by atoms with E-state index in [2.05, 4.69) is 50.9 Å². The van der Waals surface area contributed by atoms with E-state index in [-0.39, 0.29) is 11.0 Å². The molecule has 0 radical (unpaired) electrons. The Hall–Kier alpha value is -1.63. The Morgan fingerprint density at radius 1 is 0.871 bits per heavy atom. The molecule has 1 aromatic rings. The van der Waals surface area contributed by atoms with Crippen LogP contribution in [0.15, 0.2) is 35.3 Å². The average molecular weight is 429 g/mol. The summed E-state index contributed by atoms with van der Waals surface area (Å²) in [6.45, 7) is 7.28. The third-order valence-corrected chi connectivity index (χ3v) is 7.70. The topological polar surface area (TPSA) is 58.1 Å². The summed E-state index contributed by atoms with van der Waals surface area (Å²) in [6, 6.07) is 10.9. The summed E-state index contributed by atoms with van der Waals surface area (Å²) >= 11 is 0. The second kappa shape index (κ2) is 10.8. The van der Waals surface area contributed by atoms with E-state index in [1.54, 1.807) is 0 Å². The van der Waals surface area contributed by atoms with Crippen LogP contribution in [-0.2, 0) is 14.9 Å². The second-order valence-electron chi connectivity index (χ2n) is 9.42. The lowest BCUT2D eigenvalue weighted by atomic mass is 9.74. The van der Waals surface area contributed by atoms with E-state index in [9.17, 15) is 0 Å². The molecule has 1 saturated carbocycles. The fourth-order valence-electron chi connectivity index (χ4n) is 5.70. The molecular formula is C25H40N4O2. The van der Waals surface area contributed by atoms with Crippen molar-refractivity contribution in [2.75, 3.05) is 59.7 Å². The van der Waals surface area contributed by atoms with Gasteiger partial charge in [0, 0.05) is 57.4 Å². The third-order valence-electron chi connectivity index (χ3n) is 7.70. The fourth-order valence-corrected chi connectivity index (χ4v) is 5.70. The molecule has 3 aliphatic rings. The zero-order chi connectivity index (χ0) is 21.4. The number of guanidine groups is 1. The molecule has 3 fully saturated rings. The minimum atomic E-state index is 0.101. The molecule has 2 N–H and O–H groups in total. The lowest BCUT2D eigenvalue weighted by Gasteiger charge is -2.48. The van der Waals surface area contributed by atoms with E-state index >= 15 is 0 Å². The van der Waals surface area contributed by atoms with Gasteiger partial charge in [-0.2, -0.15) is 0 Å². The maximum Gasteiger partial charge on any atom is 0.191 e. The quantitative estimate of drug-likeness (QED) is 0.539. The Kier molecular flexibility index (Phi) is 7.86. The van der Waals surface area contributed by atoms with Gasteiger partial charge in [0.15, 0.2) is 5.96 Å². The molecule has 1 aromatic carbocycles. The normalized spacial score (nSPS) is 24.5. The van der Waals surface area contributed by atoms with Gasteiger partial charge in [0.1, 0.15) is 0 Å². The number of hydrogen-bond acceptors (Lipinski definition) is 4. The summed E-state index contributed by atoms with van der Waals surface area (Å²) < 4.78 is 11.3. The molecule has 2 heterocycles. The van der Waals surface area contributed by atoms with Gasteiger partial charge in [0.25, 0.3) is 0 Å². The number of nitrogens with zero attached hydrogens (tertiary/aromatic N) is 2. The predicted octanol–water partition coefficient (Wildman–Crippen LogP) is 2.93. The van der Waals surface area contributed by atoms with Crippen LogP contribution in [0.5, 0.6) is 0 Å². The van der Waals surface area contributed by atoms with Gasteiger partial charge < -0.3 is 20.1 Å². The van der Waals surface area contributed by atoms with Crippen LogP contribution in [0.4, 0.5) is 0 Å². The number of ether oxygens (including phenoxy) is 2. The Labute approximate surface area is 187 Å². The van der Waals surface area contributed by atoms with Crippen LogP contribution in [0.2, 0.25) is 0 Å². The van der Waals surface area contributed by atoms with Crippen LogP contribution >= 0.6 is 0 Å². The van der Waals surface area contributed by atoms with Crippen molar-refractivity contribution in [2.24, 2.45) is 4.99 Å². The molecule has 0 unspecified atom stereocenters. The highest BCUT2D eigenvalue weighted by atomic mass is 16.5. The Bertz CT molecular complexity index is 691. The van der Waals surface area contributed by atoms with Crippen LogP contribution in [-0.4, -0.2) is 76.1 Å². The van der Waals surface area contributed by atoms with Crippen molar-refractivity contribution in [3.8, 4) is 0 Å². The molecule has 1 aliphatic carbocycles. The van der Waals surface area contributed by atoms with Crippen LogP contribution < -0.4 is 10.6 Å². The summed E-state index contributed by atoms with van der Waals surface area (Å²) in [6.07, 6.45) is 8.62. The van der Waals surface area contributed by atoms with Crippen LogP contribution in [0.1, 0.15) is 50.5 Å². The molecule has 0 spiro atoms. The van der Waals surface area contributed by atoms with Gasteiger partial charge in [-0.25, -0.2) is 0 Å². The monoisotopic (exact) mass is 428 g/mol. The van der Waals surface area contributed by atoms with E-state index in [4.69, 9.17) is 9.47 Å². The van der Waals surface area contributed by atoms with E-state index in [0.29, 0.717) is 0 Å². The Morgan fingerprint density at radius 2 is 1.52 bits per heavy atom. The maximum atomic E-state index is 5.70. The largest absolute Gasteiger partial charge is 0.381 e. The molecule has 31 heavy (non-hydrogen) atoms. The molecule has 0 amide bonds. The number of rotatable bonds is 6. The smallest absolute Gasteiger partial charge is 0.191 e. The van der Waals surface area contributed by atoms with E-state index in [1.165, 1.54) is 37.7 Å². The van der Waals surface area contributed by atoms with Crippen molar-refractivity contribution in [3.63, 3.8) is 0 Å². The minimum Gasteiger partial charge on any atom is -0.381 e. The minimum absolute atomic E-state index is 0.101. The molecule has 0 bridgehead atoms. The molecule has 4 rings (SSSR count). The van der Waals surface area contributed by atoms with Gasteiger partial charge in [0.2, 0.25) is 0 Å². The first-order chi connectivity index (χ1) is 15.3.